The summed E-state index contributed by atoms with van der Waals surface area (Å²) >= 11 is 0. The van der Waals surface area contributed by atoms with Crippen LogP contribution >= 0.6 is 0 Å². The summed E-state index contributed by atoms with van der Waals surface area (Å²) in [5, 5.41) is 2.93. The summed E-state index contributed by atoms with van der Waals surface area (Å²) in [6.07, 6.45) is 7.99. The van der Waals surface area contributed by atoms with Crippen LogP contribution in [0.5, 0.6) is 0 Å². The number of unbranched alkanes of at least 4 members (excludes halogenated alkanes) is 5. The summed E-state index contributed by atoms with van der Waals surface area (Å²) in [5.74, 6) is -0.0394. The standard InChI is InChI=1S/C17H28N2O/c1-2-3-4-5-6-10-13-19-17(20)16(18)14-15-11-8-7-9-12-15/h7-9,11-12,16H,2-6,10,13-14,18H2,1H3,(H,19,20)/t16-/m0/s1. The number of carbonyl (C=O) groups is 1. The Morgan fingerprint density at radius 1 is 1.10 bits per heavy atom. The molecule has 1 aromatic carbocycles. The van der Waals surface area contributed by atoms with Gasteiger partial charge in [-0.2, -0.15) is 0 Å². The molecule has 0 aliphatic rings. The van der Waals surface area contributed by atoms with E-state index in [1.807, 2.05) is 30.3 Å². The lowest BCUT2D eigenvalue weighted by Gasteiger charge is -2.12. The second kappa shape index (κ2) is 10.4. The molecular formula is C17H28N2O. The highest BCUT2D eigenvalue weighted by Crippen LogP contribution is 2.04. The Morgan fingerprint density at radius 3 is 2.45 bits per heavy atom. The summed E-state index contributed by atoms with van der Waals surface area (Å²) in [7, 11) is 0. The maximum atomic E-state index is 11.8. The molecule has 3 heteroatoms. The molecule has 0 aliphatic carbocycles. The van der Waals surface area contributed by atoms with Gasteiger partial charge in [0.2, 0.25) is 5.91 Å². The molecule has 3 N–H and O–H groups in total. The van der Waals surface area contributed by atoms with Crippen molar-refractivity contribution in [2.24, 2.45) is 5.73 Å². The zero-order valence-electron chi connectivity index (χ0n) is 12.6. The van der Waals surface area contributed by atoms with Crippen LogP contribution in [0.1, 0.15) is 51.0 Å². The number of carbonyl (C=O) groups excluding carboxylic acids is 1. The van der Waals surface area contributed by atoms with Crippen LogP contribution in [-0.2, 0) is 11.2 Å². The SMILES string of the molecule is CCCCCCCCNC(=O)[C@@H](N)Cc1ccccc1. The molecule has 0 saturated heterocycles. The van der Waals surface area contributed by atoms with Crippen LogP contribution in [-0.4, -0.2) is 18.5 Å². The second-order valence-electron chi connectivity index (χ2n) is 5.36. The van der Waals surface area contributed by atoms with E-state index in [9.17, 15) is 4.79 Å². The summed E-state index contributed by atoms with van der Waals surface area (Å²) in [5.41, 5.74) is 7.02. The molecule has 0 aromatic heterocycles. The zero-order chi connectivity index (χ0) is 14.6. The molecule has 0 spiro atoms. The van der Waals surface area contributed by atoms with Gasteiger partial charge in [-0.15, -0.1) is 0 Å². The first kappa shape index (κ1) is 16.7. The van der Waals surface area contributed by atoms with Gasteiger partial charge in [-0.25, -0.2) is 0 Å². The number of rotatable bonds is 10. The first-order valence-corrected chi connectivity index (χ1v) is 7.81. The molecule has 3 nitrogen and oxygen atoms in total. The molecule has 1 amide bonds. The topological polar surface area (TPSA) is 55.1 Å². The molecule has 0 bridgehead atoms. The van der Waals surface area contributed by atoms with E-state index in [2.05, 4.69) is 12.2 Å². The van der Waals surface area contributed by atoms with Crippen LogP contribution in [0, 0.1) is 0 Å². The molecule has 0 aliphatic heterocycles. The fourth-order valence-electron chi connectivity index (χ4n) is 2.21. The third-order valence-corrected chi connectivity index (χ3v) is 3.46. The van der Waals surface area contributed by atoms with E-state index in [-0.39, 0.29) is 5.91 Å². The Hall–Kier alpha value is -1.35. The lowest BCUT2D eigenvalue weighted by Crippen LogP contribution is -2.42. The van der Waals surface area contributed by atoms with Gasteiger partial charge < -0.3 is 11.1 Å². The van der Waals surface area contributed by atoms with Crippen molar-refractivity contribution in [2.45, 2.75) is 57.9 Å². The van der Waals surface area contributed by atoms with E-state index in [1.165, 1.54) is 32.1 Å². The van der Waals surface area contributed by atoms with Gasteiger partial charge in [-0.1, -0.05) is 69.4 Å². The fraction of sp³-hybridized carbons (Fsp3) is 0.588. The molecule has 1 atom stereocenters. The molecule has 0 radical (unpaired) electrons. The summed E-state index contributed by atoms with van der Waals surface area (Å²) < 4.78 is 0. The van der Waals surface area contributed by atoms with E-state index in [4.69, 9.17) is 5.73 Å². The molecule has 0 saturated carbocycles. The van der Waals surface area contributed by atoms with Gasteiger partial charge in [0.05, 0.1) is 6.04 Å². The molecule has 0 heterocycles. The van der Waals surface area contributed by atoms with Gasteiger partial charge in [0, 0.05) is 6.54 Å². The highest BCUT2D eigenvalue weighted by atomic mass is 16.2. The molecule has 20 heavy (non-hydrogen) atoms. The van der Waals surface area contributed by atoms with Crippen LogP contribution in [0.2, 0.25) is 0 Å². The predicted octanol–water partition coefficient (Wildman–Crippen LogP) is 3.03. The van der Waals surface area contributed by atoms with Crippen molar-refractivity contribution in [1.82, 2.24) is 5.32 Å². The van der Waals surface area contributed by atoms with E-state index in [1.54, 1.807) is 0 Å². The van der Waals surface area contributed by atoms with Crippen molar-refractivity contribution >= 4 is 5.91 Å². The van der Waals surface area contributed by atoms with Crippen molar-refractivity contribution in [1.29, 1.82) is 0 Å². The van der Waals surface area contributed by atoms with Gasteiger partial charge in [0.25, 0.3) is 0 Å². The maximum absolute atomic E-state index is 11.8. The molecule has 112 valence electrons. The summed E-state index contributed by atoms with van der Waals surface area (Å²) in [4.78, 5) is 11.8. The number of benzene rings is 1. The quantitative estimate of drug-likeness (QED) is 0.645. The van der Waals surface area contributed by atoms with Crippen LogP contribution < -0.4 is 11.1 Å². The average molecular weight is 276 g/mol. The predicted molar refractivity (Wildman–Crippen MR) is 84.5 cm³/mol. The van der Waals surface area contributed by atoms with Crippen LogP contribution in [0.3, 0.4) is 0 Å². The van der Waals surface area contributed by atoms with Crippen molar-refractivity contribution in [3.05, 3.63) is 35.9 Å². The molecular weight excluding hydrogens is 248 g/mol. The Bertz CT molecular complexity index is 365. The van der Waals surface area contributed by atoms with Crippen molar-refractivity contribution in [3.8, 4) is 0 Å². The summed E-state index contributed by atoms with van der Waals surface area (Å²) in [6.45, 7) is 2.96. The molecule has 0 unspecified atom stereocenters. The normalized spacial score (nSPS) is 12.1. The third-order valence-electron chi connectivity index (χ3n) is 3.46. The third kappa shape index (κ3) is 7.29. The first-order valence-electron chi connectivity index (χ1n) is 7.81. The van der Waals surface area contributed by atoms with Crippen LogP contribution in [0.15, 0.2) is 30.3 Å². The lowest BCUT2D eigenvalue weighted by atomic mass is 10.1. The number of amides is 1. The summed E-state index contributed by atoms with van der Waals surface area (Å²) in [6, 6.07) is 9.46. The van der Waals surface area contributed by atoms with Crippen molar-refractivity contribution in [2.75, 3.05) is 6.54 Å². The van der Waals surface area contributed by atoms with Crippen LogP contribution in [0.4, 0.5) is 0 Å². The Kier molecular flexibility index (Phi) is 8.72. The van der Waals surface area contributed by atoms with Gasteiger partial charge in [0.15, 0.2) is 0 Å². The van der Waals surface area contributed by atoms with Gasteiger partial charge in [-0.05, 0) is 18.4 Å². The highest BCUT2D eigenvalue weighted by Gasteiger charge is 2.12. The van der Waals surface area contributed by atoms with Crippen LogP contribution in [0.25, 0.3) is 0 Å². The molecule has 1 aromatic rings. The molecule has 0 fully saturated rings. The smallest absolute Gasteiger partial charge is 0.237 e. The van der Waals surface area contributed by atoms with E-state index >= 15 is 0 Å². The monoisotopic (exact) mass is 276 g/mol. The Morgan fingerprint density at radius 2 is 1.75 bits per heavy atom. The maximum Gasteiger partial charge on any atom is 0.237 e. The zero-order valence-corrected chi connectivity index (χ0v) is 12.6. The number of hydrogen-bond acceptors (Lipinski definition) is 2. The fourth-order valence-corrected chi connectivity index (χ4v) is 2.21. The van der Waals surface area contributed by atoms with Gasteiger partial charge >= 0.3 is 0 Å². The van der Waals surface area contributed by atoms with Gasteiger partial charge in [-0.3, -0.25) is 4.79 Å². The first-order chi connectivity index (χ1) is 9.74. The minimum atomic E-state index is -0.447. The molecule has 1 rings (SSSR count). The van der Waals surface area contributed by atoms with E-state index in [0.717, 1.165) is 18.5 Å². The average Bonchev–Trinajstić information content (AvgIpc) is 2.47. The van der Waals surface area contributed by atoms with E-state index in [0.29, 0.717) is 6.42 Å². The second-order valence-corrected chi connectivity index (χ2v) is 5.36. The van der Waals surface area contributed by atoms with E-state index < -0.39 is 6.04 Å². The number of nitrogens with one attached hydrogen (secondary N) is 1. The minimum Gasteiger partial charge on any atom is -0.355 e. The van der Waals surface area contributed by atoms with Crippen molar-refractivity contribution < 1.29 is 4.79 Å². The number of nitrogens with two attached hydrogens (primary N) is 1. The minimum absolute atomic E-state index is 0.0394. The lowest BCUT2D eigenvalue weighted by molar-refractivity contribution is -0.122. The largest absolute Gasteiger partial charge is 0.355 e. The highest BCUT2D eigenvalue weighted by molar-refractivity contribution is 5.81. The Balaban J connectivity index is 2.10. The van der Waals surface area contributed by atoms with Gasteiger partial charge in [0.1, 0.15) is 0 Å². The Labute approximate surface area is 122 Å². The van der Waals surface area contributed by atoms with Crippen molar-refractivity contribution in [3.63, 3.8) is 0 Å². The number of hydrogen-bond donors (Lipinski definition) is 2.